The van der Waals surface area contributed by atoms with E-state index in [-0.39, 0.29) is 11.7 Å². The number of carbonyl (C=O) groups excluding carboxylic acids is 1. The lowest BCUT2D eigenvalue weighted by Gasteiger charge is -2.07. The van der Waals surface area contributed by atoms with Gasteiger partial charge in [0, 0.05) is 12.7 Å². The molecule has 0 saturated heterocycles. The van der Waals surface area contributed by atoms with Gasteiger partial charge in [0.25, 0.3) is 5.91 Å². The number of halogens is 2. The number of nitrogens with zero attached hydrogens (tertiary/aromatic N) is 1. The van der Waals surface area contributed by atoms with Crippen LogP contribution in [0.25, 0.3) is 0 Å². The average molecular weight is 323 g/mol. The zero-order valence-electron chi connectivity index (χ0n) is 10.1. The smallest absolute Gasteiger partial charge is 0.254 e. The Kier molecular flexibility index (Phi) is 4.63. The Labute approximate surface area is 119 Å². The van der Waals surface area contributed by atoms with Crippen LogP contribution in [-0.4, -0.2) is 17.4 Å². The topological polar surface area (TPSA) is 42.0 Å². The fourth-order valence-corrected chi connectivity index (χ4v) is 2.09. The van der Waals surface area contributed by atoms with E-state index in [1.807, 2.05) is 0 Å². The molecule has 2 aromatic rings. The van der Waals surface area contributed by atoms with Gasteiger partial charge in [-0.1, -0.05) is 18.2 Å². The molecule has 0 unspecified atom stereocenters. The molecule has 1 N–H and O–H groups in total. The van der Waals surface area contributed by atoms with E-state index < -0.39 is 0 Å². The Morgan fingerprint density at radius 2 is 2.05 bits per heavy atom. The average Bonchev–Trinajstić information content (AvgIpc) is 2.41. The molecule has 1 aromatic heterocycles. The molecule has 0 bridgehead atoms. The number of hydrogen-bond donors (Lipinski definition) is 1. The van der Waals surface area contributed by atoms with Gasteiger partial charge in [-0.15, -0.1) is 0 Å². The predicted octanol–water partition coefficient (Wildman–Crippen LogP) is 2.96. The highest BCUT2D eigenvalue weighted by atomic mass is 79.9. The number of aromatic nitrogens is 1. The Morgan fingerprint density at radius 3 is 2.79 bits per heavy atom. The lowest BCUT2D eigenvalue weighted by molar-refractivity contribution is 0.0953. The van der Waals surface area contributed by atoms with Gasteiger partial charge in [-0.3, -0.25) is 4.79 Å². The highest BCUT2D eigenvalue weighted by Crippen LogP contribution is 2.12. The zero-order valence-corrected chi connectivity index (χ0v) is 11.7. The molecule has 1 heterocycles. The minimum absolute atomic E-state index is 0.226. The molecular weight excluding hydrogens is 311 g/mol. The van der Waals surface area contributed by atoms with Crippen LogP contribution < -0.4 is 5.32 Å². The number of rotatable bonds is 4. The van der Waals surface area contributed by atoms with E-state index in [4.69, 9.17) is 0 Å². The largest absolute Gasteiger partial charge is 0.352 e. The lowest BCUT2D eigenvalue weighted by atomic mass is 10.1. The first kappa shape index (κ1) is 13.7. The summed E-state index contributed by atoms with van der Waals surface area (Å²) in [5.41, 5.74) is 1.06. The highest BCUT2D eigenvalue weighted by molar-refractivity contribution is 9.10. The Bertz CT molecular complexity index is 589. The number of benzene rings is 1. The molecule has 0 atom stereocenters. The van der Waals surface area contributed by atoms with Crippen molar-refractivity contribution in [3.05, 3.63) is 64.1 Å². The van der Waals surface area contributed by atoms with E-state index in [0.29, 0.717) is 28.7 Å². The fraction of sp³-hybridized carbons (Fsp3) is 0.143. The predicted molar refractivity (Wildman–Crippen MR) is 74.4 cm³/mol. The number of amides is 1. The summed E-state index contributed by atoms with van der Waals surface area (Å²) in [6.45, 7) is 0.376. The van der Waals surface area contributed by atoms with Gasteiger partial charge in [-0.2, -0.15) is 0 Å². The van der Waals surface area contributed by atoms with Crippen LogP contribution >= 0.6 is 15.9 Å². The number of hydrogen-bond acceptors (Lipinski definition) is 2. The Hall–Kier alpha value is -1.75. The summed E-state index contributed by atoms with van der Waals surface area (Å²) >= 11 is 3.21. The summed E-state index contributed by atoms with van der Waals surface area (Å²) in [7, 11) is 0. The molecule has 1 aromatic carbocycles. The Morgan fingerprint density at radius 1 is 1.26 bits per heavy atom. The van der Waals surface area contributed by atoms with Crippen LogP contribution in [-0.2, 0) is 6.42 Å². The van der Waals surface area contributed by atoms with Gasteiger partial charge in [0.2, 0.25) is 0 Å². The molecule has 0 spiro atoms. The summed E-state index contributed by atoms with van der Waals surface area (Å²) in [4.78, 5) is 15.8. The second-order valence-electron chi connectivity index (χ2n) is 3.94. The number of carbonyl (C=O) groups is 1. The van der Waals surface area contributed by atoms with Crippen molar-refractivity contribution in [2.24, 2.45) is 0 Å². The molecule has 19 heavy (non-hydrogen) atoms. The van der Waals surface area contributed by atoms with E-state index >= 15 is 0 Å². The van der Waals surface area contributed by atoms with Crippen molar-refractivity contribution < 1.29 is 9.18 Å². The van der Waals surface area contributed by atoms with E-state index in [9.17, 15) is 9.18 Å². The van der Waals surface area contributed by atoms with Crippen LogP contribution in [0, 0.1) is 5.82 Å². The molecule has 0 aliphatic heterocycles. The van der Waals surface area contributed by atoms with Crippen molar-refractivity contribution in [2.75, 3.05) is 6.54 Å². The normalized spacial score (nSPS) is 10.2. The van der Waals surface area contributed by atoms with E-state index in [0.717, 1.165) is 0 Å². The molecule has 3 nitrogen and oxygen atoms in total. The van der Waals surface area contributed by atoms with Crippen LogP contribution in [0.3, 0.4) is 0 Å². The van der Waals surface area contributed by atoms with Crippen molar-refractivity contribution >= 4 is 21.8 Å². The zero-order chi connectivity index (χ0) is 13.7. The third-order valence-corrected chi connectivity index (χ3v) is 3.27. The molecule has 98 valence electrons. The summed E-state index contributed by atoms with van der Waals surface area (Å²) in [5, 5.41) is 2.74. The van der Waals surface area contributed by atoms with Gasteiger partial charge < -0.3 is 5.32 Å². The Balaban J connectivity index is 1.92. The van der Waals surface area contributed by atoms with Crippen molar-refractivity contribution in [1.82, 2.24) is 10.3 Å². The first-order valence-corrected chi connectivity index (χ1v) is 6.60. The maximum Gasteiger partial charge on any atom is 0.254 e. The number of nitrogens with one attached hydrogen (secondary N) is 1. The van der Waals surface area contributed by atoms with E-state index in [1.165, 1.54) is 6.07 Å². The maximum atomic E-state index is 13.4. The molecule has 5 heteroatoms. The molecular formula is C14H12BrFN2O. The fourth-order valence-electron chi connectivity index (χ4n) is 1.66. The summed E-state index contributed by atoms with van der Waals surface area (Å²) in [6, 6.07) is 9.91. The number of pyridine rings is 1. The summed E-state index contributed by atoms with van der Waals surface area (Å²) < 4.78 is 13.9. The molecule has 0 aliphatic rings. The van der Waals surface area contributed by atoms with Crippen molar-refractivity contribution in [3.63, 3.8) is 0 Å². The third-order valence-electron chi connectivity index (χ3n) is 2.64. The van der Waals surface area contributed by atoms with E-state index in [1.54, 1.807) is 36.5 Å². The van der Waals surface area contributed by atoms with Crippen LogP contribution in [0.5, 0.6) is 0 Å². The van der Waals surface area contributed by atoms with Crippen molar-refractivity contribution in [2.45, 2.75) is 6.42 Å². The lowest BCUT2D eigenvalue weighted by Crippen LogP contribution is -2.26. The minimum Gasteiger partial charge on any atom is -0.352 e. The second-order valence-corrected chi connectivity index (χ2v) is 4.69. The van der Waals surface area contributed by atoms with Crippen molar-refractivity contribution in [3.8, 4) is 0 Å². The molecule has 1 amide bonds. The minimum atomic E-state index is -0.251. The first-order valence-electron chi connectivity index (χ1n) is 5.80. The SMILES string of the molecule is O=C(NCCc1ccccc1F)c1cccnc1Br. The van der Waals surface area contributed by atoms with Gasteiger partial charge in [-0.05, 0) is 46.1 Å². The third kappa shape index (κ3) is 3.61. The summed E-state index contributed by atoms with van der Waals surface area (Å²) in [6.07, 6.45) is 2.05. The van der Waals surface area contributed by atoms with Crippen LogP contribution in [0.4, 0.5) is 4.39 Å². The first-order chi connectivity index (χ1) is 9.18. The quantitative estimate of drug-likeness (QED) is 0.879. The van der Waals surface area contributed by atoms with Crippen LogP contribution in [0.15, 0.2) is 47.2 Å². The van der Waals surface area contributed by atoms with Crippen molar-refractivity contribution in [1.29, 1.82) is 0 Å². The molecule has 2 rings (SSSR count). The highest BCUT2D eigenvalue weighted by Gasteiger charge is 2.09. The maximum absolute atomic E-state index is 13.4. The molecule has 0 fully saturated rings. The van der Waals surface area contributed by atoms with Gasteiger partial charge in [0.15, 0.2) is 0 Å². The molecule has 0 radical (unpaired) electrons. The van der Waals surface area contributed by atoms with Gasteiger partial charge in [-0.25, -0.2) is 9.37 Å². The molecule has 0 aliphatic carbocycles. The molecule has 0 saturated carbocycles. The van der Waals surface area contributed by atoms with E-state index in [2.05, 4.69) is 26.2 Å². The monoisotopic (exact) mass is 322 g/mol. The van der Waals surface area contributed by atoms with Gasteiger partial charge in [0.1, 0.15) is 10.4 Å². The van der Waals surface area contributed by atoms with Crippen LogP contribution in [0.1, 0.15) is 15.9 Å². The standard InChI is InChI=1S/C14H12BrFN2O/c15-13-11(5-3-8-17-13)14(19)18-9-7-10-4-1-2-6-12(10)16/h1-6,8H,7,9H2,(H,18,19). The van der Waals surface area contributed by atoms with Crippen LogP contribution in [0.2, 0.25) is 0 Å². The summed E-state index contributed by atoms with van der Waals surface area (Å²) in [5.74, 6) is -0.476. The van der Waals surface area contributed by atoms with Gasteiger partial charge in [0.05, 0.1) is 5.56 Å². The second kappa shape index (κ2) is 6.43. The van der Waals surface area contributed by atoms with Gasteiger partial charge >= 0.3 is 0 Å².